The molecule has 1 aromatic rings. The fourth-order valence-electron chi connectivity index (χ4n) is 1.18. The number of ether oxygens (including phenoxy) is 2. The zero-order valence-corrected chi connectivity index (χ0v) is 10.1. The Hall–Kier alpha value is -1.97. The predicted octanol–water partition coefficient (Wildman–Crippen LogP) is 2.55. The minimum absolute atomic E-state index is 0.779. The maximum absolute atomic E-state index is 10.6. The van der Waals surface area contributed by atoms with Crippen molar-refractivity contribution in [2.24, 2.45) is 0 Å². The molecular weight excluding hydrogens is 220 g/mol. The maximum Gasteiger partial charge on any atom is 0.344 e. The van der Waals surface area contributed by atoms with Gasteiger partial charge in [0.1, 0.15) is 5.75 Å². The average molecular weight is 236 g/mol. The van der Waals surface area contributed by atoms with E-state index in [0.29, 0.717) is 0 Å². The summed E-state index contributed by atoms with van der Waals surface area (Å²) in [6.07, 6.45) is 0.615. The second kappa shape index (κ2) is 5.94. The molecule has 1 rings (SSSR count). The number of methoxy groups -OCH3 is 1. The number of carboxylic acids is 1. The summed E-state index contributed by atoms with van der Waals surface area (Å²) in [6, 6.07) is 7.46. The summed E-state index contributed by atoms with van der Waals surface area (Å²) in [4.78, 5) is 10.6. The molecule has 1 aromatic carbocycles. The summed E-state index contributed by atoms with van der Waals surface area (Å²) >= 11 is 0. The van der Waals surface area contributed by atoms with Crippen LogP contribution in [0.15, 0.2) is 30.5 Å². The van der Waals surface area contributed by atoms with Crippen LogP contribution in [0.1, 0.15) is 19.4 Å². The van der Waals surface area contributed by atoms with Gasteiger partial charge in [0.05, 0.1) is 13.4 Å². The van der Waals surface area contributed by atoms with E-state index in [-0.39, 0.29) is 0 Å². The number of carboxylic acid groups (broad SMARTS) is 1. The summed E-state index contributed by atoms with van der Waals surface area (Å²) in [7, 11) is 1.61. The molecule has 0 fully saturated rings. The van der Waals surface area contributed by atoms with Gasteiger partial charge in [0.2, 0.25) is 0 Å². The monoisotopic (exact) mass is 236 g/mol. The lowest BCUT2D eigenvalue weighted by molar-refractivity contribution is -0.145. The summed E-state index contributed by atoms with van der Waals surface area (Å²) in [5.41, 5.74) is 1.82. The molecule has 0 saturated carbocycles. The van der Waals surface area contributed by atoms with Crippen LogP contribution < -0.4 is 4.74 Å². The van der Waals surface area contributed by atoms with Gasteiger partial charge in [-0.2, -0.15) is 0 Å². The molecule has 0 aliphatic carbocycles. The van der Waals surface area contributed by atoms with Gasteiger partial charge in [0.25, 0.3) is 0 Å². The van der Waals surface area contributed by atoms with Crippen LogP contribution in [-0.4, -0.2) is 24.3 Å². The molecule has 17 heavy (non-hydrogen) atoms. The molecule has 1 unspecified atom stereocenters. The summed E-state index contributed by atoms with van der Waals surface area (Å²) < 4.78 is 10.1. The van der Waals surface area contributed by atoms with Crippen molar-refractivity contribution >= 4 is 11.5 Å². The highest BCUT2D eigenvalue weighted by atomic mass is 16.5. The van der Waals surface area contributed by atoms with Crippen molar-refractivity contribution in [2.75, 3.05) is 7.11 Å². The first-order valence-electron chi connectivity index (χ1n) is 5.24. The van der Waals surface area contributed by atoms with Gasteiger partial charge in [-0.1, -0.05) is 12.1 Å². The number of rotatable bonds is 5. The number of carbonyl (C=O) groups is 1. The lowest BCUT2D eigenvalue weighted by Crippen LogP contribution is -2.17. The molecule has 4 heteroatoms. The molecule has 0 heterocycles. The first-order valence-corrected chi connectivity index (χ1v) is 5.24. The molecule has 4 nitrogen and oxygen atoms in total. The van der Waals surface area contributed by atoms with Crippen molar-refractivity contribution in [3.05, 3.63) is 36.1 Å². The fraction of sp³-hybridized carbons (Fsp3) is 0.308. The highest BCUT2D eigenvalue weighted by Gasteiger charge is 2.09. The summed E-state index contributed by atoms with van der Waals surface area (Å²) in [5.74, 6) is -0.204. The number of allylic oxidation sites excluding steroid dienone is 1. The van der Waals surface area contributed by atoms with Crippen LogP contribution in [0.3, 0.4) is 0 Å². The van der Waals surface area contributed by atoms with E-state index >= 15 is 0 Å². The van der Waals surface area contributed by atoms with Crippen LogP contribution in [0, 0.1) is 0 Å². The molecule has 0 bridgehead atoms. The van der Waals surface area contributed by atoms with Gasteiger partial charge in [-0.3, -0.25) is 0 Å². The molecule has 0 radical (unpaired) electrons. The molecule has 92 valence electrons. The Morgan fingerprint density at radius 1 is 1.35 bits per heavy atom. The van der Waals surface area contributed by atoms with Crippen LogP contribution in [0.2, 0.25) is 0 Å². The Morgan fingerprint density at radius 3 is 2.41 bits per heavy atom. The number of hydrogen-bond acceptors (Lipinski definition) is 3. The molecule has 0 spiro atoms. The summed E-state index contributed by atoms with van der Waals surface area (Å²) in [5, 5.41) is 8.66. The predicted molar refractivity (Wildman–Crippen MR) is 64.8 cm³/mol. The van der Waals surface area contributed by atoms with Crippen molar-refractivity contribution in [3.63, 3.8) is 0 Å². The standard InChI is InChI=1S/C13H16O4/c1-9(8-17-10(2)13(14)15)11-4-6-12(16-3)7-5-11/h4-8,10H,1-3H3,(H,14,15). The van der Waals surface area contributed by atoms with Crippen molar-refractivity contribution in [1.29, 1.82) is 0 Å². The molecule has 0 saturated heterocycles. The van der Waals surface area contributed by atoms with Crippen LogP contribution in [-0.2, 0) is 9.53 Å². The molecule has 1 atom stereocenters. The topological polar surface area (TPSA) is 55.8 Å². The van der Waals surface area contributed by atoms with Gasteiger partial charge in [0, 0.05) is 0 Å². The van der Waals surface area contributed by atoms with Crippen molar-refractivity contribution in [2.45, 2.75) is 20.0 Å². The minimum atomic E-state index is -0.983. The van der Waals surface area contributed by atoms with E-state index in [1.54, 1.807) is 7.11 Å². The first kappa shape index (κ1) is 13.1. The van der Waals surface area contributed by atoms with E-state index in [2.05, 4.69) is 0 Å². The third-order valence-corrected chi connectivity index (χ3v) is 2.34. The lowest BCUT2D eigenvalue weighted by Gasteiger charge is -2.08. The largest absolute Gasteiger partial charge is 0.497 e. The highest BCUT2D eigenvalue weighted by Crippen LogP contribution is 2.18. The van der Waals surface area contributed by atoms with Gasteiger partial charge in [-0.15, -0.1) is 0 Å². The number of hydrogen-bond donors (Lipinski definition) is 1. The molecule has 0 aromatic heterocycles. The molecule has 0 aliphatic heterocycles. The van der Waals surface area contributed by atoms with Crippen LogP contribution in [0.5, 0.6) is 5.75 Å². The smallest absolute Gasteiger partial charge is 0.344 e. The van der Waals surface area contributed by atoms with Crippen LogP contribution in [0.4, 0.5) is 0 Å². The van der Waals surface area contributed by atoms with Crippen LogP contribution >= 0.6 is 0 Å². The summed E-state index contributed by atoms with van der Waals surface area (Å²) in [6.45, 7) is 3.34. The zero-order valence-electron chi connectivity index (χ0n) is 10.1. The number of aliphatic carboxylic acids is 1. The van der Waals surface area contributed by atoms with E-state index in [9.17, 15) is 4.79 Å². The van der Waals surface area contributed by atoms with E-state index in [4.69, 9.17) is 14.6 Å². The maximum atomic E-state index is 10.6. The Labute approximate surface area is 100 Å². The van der Waals surface area contributed by atoms with Gasteiger partial charge in [0.15, 0.2) is 6.10 Å². The van der Waals surface area contributed by atoms with E-state index < -0.39 is 12.1 Å². The fourth-order valence-corrected chi connectivity index (χ4v) is 1.18. The van der Waals surface area contributed by atoms with Crippen LogP contribution in [0.25, 0.3) is 5.57 Å². The van der Waals surface area contributed by atoms with Gasteiger partial charge in [-0.05, 0) is 37.1 Å². The van der Waals surface area contributed by atoms with Crippen molar-refractivity contribution in [3.8, 4) is 5.75 Å². The highest BCUT2D eigenvalue weighted by molar-refractivity contribution is 5.72. The third kappa shape index (κ3) is 3.83. The van der Waals surface area contributed by atoms with E-state index in [1.807, 2.05) is 31.2 Å². The Bertz CT molecular complexity index is 406. The number of benzene rings is 1. The first-order chi connectivity index (χ1) is 8.04. The Kier molecular flexibility index (Phi) is 4.57. The zero-order chi connectivity index (χ0) is 12.8. The Balaban J connectivity index is 2.71. The Morgan fingerprint density at radius 2 is 1.94 bits per heavy atom. The second-order valence-corrected chi connectivity index (χ2v) is 3.65. The SMILES string of the molecule is COc1ccc(C(C)=COC(C)C(=O)O)cc1. The van der Waals surface area contributed by atoms with Crippen molar-refractivity contribution < 1.29 is 19.4 Å². The van der Waals surface area contributed by atoms with Gasteiger partial charge < -0.3 is 14.6 Å². The lowest BCUT2D eigenvalue weighted by atomic mass is 10.1. The second-order valence-electron chi connectivity index (χ2n) is 3.65. The van der Waals surface area contributed by atoms with Crippen molar-refractivity contribution in [1.82, 2.24) is 0 Å². The molecular formula is C13H16O4. The molecule has 0 amide bonds. The molecule has 0 aliphatic rings. The minimum Gasteiger partial charge on any atom is -0.497 e. The van der Waals surface area contributed by atoms with Gasteiger partial charge >= 0.3 is 5.97 Å². The van der Waals surface area contributed by atoms with Gasteiger partial charge in [-0.25, -0.2) is 4.79 Å². The average Bonchev–Trinajstić information content (AvgIpc) is 2.35. The van der Waals surface area contributed by atoms with E-state index in [1.165, 1.54) is 13.2 Å². The van der Waals surface area contributed by atoms with E-state index in [0.717, 1.165) is 16.9 Å². The molecule has 1 N–H and O–H groups in total. The normalized spacial score (nSPS) is 13.0. The quantitative estimate of drug-likeness (QED) is 0.798. The third-order valence-electron chi connectivity index (χ3n) is 2.34.